The highest BCUT2D eigenvalue weighted by Crippen LogP contribution is 2.24. The normalized spacial score (nSPS) is 11.6. The van der Waals surface area contributed by atoms with Gasteiger partial charge in [-0.25, -0.2) is 9.78 Å². The summed E-state index contributed by atoms with van der Waals surface area (Å²) in [6.07, 6.45) is 6.79. The smallest absolute Gasteiger partial charge is 0.324 e. The maximum absolute atomic E-state index is 12.3. The molecule has 24 heavy (non-hydrogen) atoms. The van der Waals surface area contributed by atoms with Gasteiger partial charge in [0.15, 0.2) is 5.65 Å². The minimum absolute atomic E-state index is 0.231. The Morgan fingerprint density at radius 1 is 1.17 bits per heavy atom. The number of aryl methyl sites for hydroxylation is 2. The summed E-state index contributed by atoms with van der Waals surface area (Å²) in [4.78, 5) is 21.2. The average Bonchev–Trinajstić information content (AvgIpc) is 2.93. The molecule has 5 nitrogen and oxygen atoms in total. The molecule has 0 atom stereocenters. The van der Waals surface area contributed by atoms with Crippen molar-refractivity contribution in [2.45, 2.75) is 24.9 Å². The summed E-state index contributed by atoms with van der Waals surface area (Å²) < 4.78 is 3.66. The fraction of sp³-hybridized carbons (Fsp3) is 0.278. The molecule has 0 bridgehead atoms. The van der Waals surface area contributed by atoms with Crippen LogP contribution in [0.5, 0.6) is 0 Å². The molecule has 0 aliphatic rings. The van der Waals surface area contributed by atoms with Crippen molar-refractivity contribution in [1.82, 2.24) is 19.1 Å². The lowest BCUT2D eigenvalue weighted by atomic mass is 10.2. The molecule has 0 spiro atoms. The van der Waals surface area contributed by atoms with Gasteiger partial charge in [-0.15, -0.1) is 11.8 Å². The summed E-state index contributed by atoms with van der Waals surface area (Å²) >= 11 is 1.47. The zero-order chi connectivity index (χ0) is 17.1. The number of hydrogen-bond acceptors (Lipinski definition) is 4. The van der Waals surface area contributed by atoms with E-state index in [0.717, 1.165) is 28.4 Å². The standard InChI is InChI=1S/C18H20N4OS/c1-4-12-22-16-15(17(24-3)20-18(22)23)21(2)14(19-16)11-10-13-8-6-5-7-9-13/h5-11H,4,12H2,1-3H3. The molecule has 0 saturated carbocycles. The van der Waals surface area contributed by atoms with E-state index in [1.165, 1.54) is 11.8 Å². The highest BCUT2D eigenvalue weighted by atomic mass is 32.2. The molecule has 0 amide bonds. The number of aromatic nitrogens is 4. The van der Waals surface area contributed by atoms with Crippen molar-refractivity contribution < 1.29 is 0 Å². The van der Waals surface area contributed by atoms with Crippen LogP contribution in [0.4, 0.5) is 0 Å². The molecular formula is C18H20N4OS. The first-order valence-corrected chi connectivity index (χ1v) is 9.12. The molecule has 3 rings (SSSR count). The van der Waals surface area contributed by atoms with E-state index in [2.05, 4.69) is 4.98 Å². The van der Waals surface area contributed by atoms with Crippen molar-refractivity contribution in [3.8, 4) is 0 Å². The molecule has 2 heterocycles. The summed E-state index contributed by atoms with van der Waals surface area (Å²) in [7, 11) is 1.96. The Labute approximate surface area is 145 Å². The van der Waals surface area contributed by atoms with Gasteiger partial charge in [-0.3, -0.25) is 4.57 Å². The fourth-order valence-electron chi connectivity index (χ4n) is 2.67. The van der Waals surface area contributed by atoms with Crippen molar-refractivity contribution in [1.29, 1.82) is 0 Å². The Hall–Kier alpha value is -2.34. The molecule has 0 radical (unpaired) electrons. The maximum Gasteiger partial charge on any atom is 0.350 e. The minimum atomic E-state index is -0.231. The number of nitrogens with zero attached hydrogens (tertiary/aromatic N) is 4. The molecule has 0 N–H and O–H groups in total. The molecule has 124 valence electrons. The maximum atomic E-state index is 12.3. The molecule has 1 aromatic carbocycles. The topological polar surface area (TPSA) is 52.7 Å². The number of thioether (sulfide) groups is 1. The van der Waals surface area contributed by atoms with Gasteiger partial charge in [0, 0.05) is 13.6 Å². The number of benzene rings is 1. The van der Waals surface area contributed by atoms with Crippen LogP contribution in [-0.4, -0.2) is 25.4 Å². The number of hydrogen-bond donors (Lipinski definition) is 0. The van der Waals surface area contributed by atoms with E-state index in [1.54, 1.807) is 4.57 Å². The van der Waals surface area contributed by atoms with Crippen LogP contribution in [0.25, 0.3) is 23.3 Å². The Morgan fingerprint density at radius 3 is 2.58 bits per heavy atom. The third kappa shape index (κ3) is 3.01. The molecule has 0 aliphatic carbocycles. The Bertz CT molecular complexity index is 941. The predicted molar refractivity (Wildman–Crippen MR) is 100 cm³/mol. The Kier molecular flexibility index (Phi) is 4.85. The van der Waals surface area contributed by atoms with Crippen LogP contribution in [0.2, 0.25) is 0 Å². The van der Waals surface area contributed by atoms with Crippen LogP contribution in [0.3, 0.4) is 0 Å². The summed E-state index contributed by atoms with van der Waals surface area (Å²) in [6, 6.07) is 10.1. The van der Waals surface area contributed by atoms with Gasteiger partial charge in [-0.05, 0) is 24.3 Å². The van der Waals surface area contributed by atoms with Crippen LogP contribution in [0, 0.1) is 0 Å². The lowest BCUT2D eigenvalue weighted by Gasteiger charge is -2.07. The monoisotopic (exact) mass is 340 g/mol. The third-order valence-electron chi connectivity index (χ3n) is 3.86. The molecule has 2 aromatic heterocycles. The quantitative estimate of drug-likeness (QED) is 0.527. The second kappa shape index (κ2) is 7.05. The van der Waals surface area contributed by atoms with Gasteiger partial charge in [0.05, 0.1) is 0 Å². The zero-order valence-electron chi connectivity index (χ0n) is 14.1. The van der Waals surface area contributed by atoms with Crippen LogP contribution in [0.15, 0.2) is 40.2 Å². The molecular weight excluding hydrogens is 320 g/mol. The van der Waals surface area contributed by atoms with Gasteiger partial charge in [-0.1, -0.05) is 43.3 Å². The second-order valence-corrected chi connectivity index (χ2v) is 6.30. The van der Waals surface area contributed by atoms with Crippen molar-refractivity contribution in [2.24, 2.45) is 7.05 Å². The van der Waals surface area contributed by atoms with Crippen LogP contribution >= 0.6 is 11.8 Å². The van der Waals surface area contributed by atoms with Gasteiger partial charge in [0.1, 0.15) is 16.4 Å². The highest BCUT2D eigenvalue weighted by Gasteiger charge is 2.16. The molecule has 0 fully saturated rings. The predicted octanol–water partition coefficient (Wildman–Crippen LogP) is 3.43. The summed E-state index contributed by atoms with van der Waals surface area (Å²) in [5.74, 6) is 0.807. The van der Waals surface area contributed by atoms with Crippen molar-refractivity contribution in [2.75, 3.05) is 6.26 Å². The van der Waals surface area contributed by atoms with Crippen LogP contribution < -0.4 is 5.69 Å². The average molecular weight is 340 g/mol. The Morgan fingerprint density at radius 2 is 1.92 bits per heavy atom. The first-order valence-electron chi connectivity index (χ1n) is 7.90. The van der Waals surface area contributed by atoms with Crippen LogP contribution in [0.1, 0.15) is 24.7 Å². The van der Waals surface area contributed by atoms with Crippen molar-refractivity contribution >= 4 is 35.1 Å². The summed E-state index contributed by atoms with van der Waals surface area (Å²) in [5, 5.41) is 0.719. The van der Waals surface area contributed by atoms with E-state index in [1.807, 2.05) is 67.3 Å². The lowest BCUT2D eigenvalue weighted by Crippen LogP contribution is -2.24. The number of rotatable bonds is 5. The third-order valence-corrected chi connectivity index (χ3v) is 4.53. The van der Waals surface area contributed by atoms with Crippen molar-refractivity contribution in [3.05, 3.63) is 52.2 Å². The minimum Gasteiger partial charge on any atom is -0.324 e. The zero-order valence-corrected chi connectivity index (χ0v) is 14.9. The summed E-state index contributed by atoms with van der Waals surface area (Å²) in [5.41, 5.74) is 2.49. The van der Waals surface area contributed by atoms with E-state index in [4.69, 9.17) is 4.98 Å². The van der Waals surface area contributed by atoms with Gasteiger partial charge in [0.25, 0.3) is 0 Å². The van der Waals surface area contributed by atoms with E-state index < -0.39 is 0 Å². The van der Waals surface area contributed by atoms with E-state index >= 15 is 0 Å². The molecule has 3 aromatic rings. The number of fused-ring (bicyclic) bond motifs is 1. The molecule has 0 saturated heterocycles. The molecule has 0 aliphatic heterocycles. The molecule has 0 unspecified atom stereocenters. The van der Waals surface area contributed by atoms with Gasteiger partial charge < -0.3 is 4.57 Å². The Balaban J connectivity index is 2.17. The largest absolute Gasteiger partial charge is 0.350 e. The lowest BCUT2D eigenvalue weighted by molar-refractivity contribution is 0.647. The van der Waals surface area contributed by atoms with Crippen molar-refractivity contribution in [3.63, 3.8) is 0 Å². The fourth-order valence-corrected chi connectivity index (χ4v) is 3.26. The first-order chi connectivity index (χ1) is 11.7. The second-order valence-electron chi connectivity index (χ2n) is 5.50. The van der Waals surface area contributed by atoms with E-state index in [9.17, 15) is 4.79 Å². The SMILES string of the molecule is CCCn1c(=O)nc(SC)c2c1nc(C=Cc1ccccc1)n2C. The first kappa shape index (κ1) is 16.5. The van der Waals surface area contributed by atoms with E-state index in [0.29, 0.717) is 12.2 Å². The van der Waals surface area contributed by atoms with Gasteiger partial charge in [-0.2, -0.15) is 4.98 Å². The highest BCUT2D eigenvalue weighted by molar-refractivity contribution is 7.98. The van der Waals surface area contributed by atoms with Gasteiger partial charge >= 0.3 is 5.69 Å². The van der Waals surface area contributed by atoms with Crippen LogP contribution in [-0.2, 0) is 13.6 Å². The molecule has 6 heteroatoms. The summed E-state index contributed by atoms with van der Waals surface area (Å²) in [6.45, 7) is 2.66. The van der Waals surface area contributed by atoms with E-state index in [-0.39, 0.29) is 5.69 Å². The van der Waals surface area contributed by atoms with Gasteiger partial charge in [0.2, 0.25) is 0 Å². The number of imidazole rings is 1.